The first kappa shape index (κ1) is 21.5. The summed E-state index contributed by atoms with van der Waals surface area (Å²) in [5.74, 6) is -3.55. The number of aliphatic hydroxyl groups is 1. The van der Waals surface area contributed by atoms with E-state index in [0.29, 0.717) is 6.92 Å². The maximum atomic E-state index is 13.8. The number of alkyl halides is 3. The van der Waals surface area contributed by atoms with Gasteiger partial charge in [-0.3, -0.25) is 4.79 Å². The maximum absolute atomic E-state index is 13.8. The molecule has 1 aliphatic rings. The molecule has 27 heavy (non-hydrogen) atoms. The first-order chi connectivity index (χ1) is 12.3. The van der Waals surface area contributed by atoms with Crippen molar-refractivity contribution in [3.63, 3.8) is 0 Å². The standard InChI is InChI=1S/C15H17F5N2O4S/c1-14(24,15(18,19)20)9-12(23)21-5-7-22(8-6-21)27(25,26)13-10(16)3-2-4-11(13)17/h2-4,24H,5-9H2,1H3/t14-/m0/s1. The Morgan fingerprint density at radius 2 is 1.59 bits per heavy atom. The zero-order valence-electron chi connectivity index (χ0n) is 14.1. The van der Waals surface area contributed by atoms with Crippen molar-refractivity contribution in [1.29, 1.82) is 0 Å². The minimum absolute atomic E-state index is 0.276. The summed E-state index contributed by atoms with van der Waals surface area (Å²) in [5.41, 5.74) is -3.22. The molecule has 0 bridgehead atoms. The molecule has 0 unspecified atom stereocenters. The van der Waals surface area contributed by atoms with Gasteiger partial charge in [0.2, 0.25) is 15.9 Å². The lowest BCUT2D eigenvalue weighted by Gasteiger charge is -2.35. The summed E-state index contributed by atoms with van der Waals surface area (Å²) in [5, 5.41) is 9.38. The van der Waals surface area contributed by atoms with Gasteiger partial charge < -0.3 is 10.0 Å². The van der Waals surface area contributed by atoms with E-state index in [1.807, 2.05) is 0 Å². The number of sulfonamides is 1. The summed E-state index contributed by atoms with van der Waals surface area (Å²) >= 11 is 0. The molecule has 1 aliphatic heterocycles. The highest BCUT2D eigenvalue weighted by Gasteiger charge is 2.51. The van der Waals surface area contributed by atoms with Gasteiger partial charge in [0, 0.05) is 26.2 Å². The van der Waals surface area contributed by atoms with Gasteiger partial charge in [0.15, 0.2) is 10.5 Å². The van der Waals surface area contributed by atoms with Gasteiger partial charge in [-0.2, -0.15) is 17.5 Å². The van der Waals surface area contributed by atoms with Crippen molar-refractivity contribution in [2.75, 3.05) is 26.2 Å². The fraction of sp³-hybridized carbons (Fsp3) is 0.533. The van der Waals surface area contributed by atoms with Crippen molar-refractivity contribution in [2.24, 2.45) is 0 Å². The summed E-state index contributed by atoms with van der Waals surface area (Å²) in [6, 6.07) is 2.58. The number of piperazine rings is 1. The number of benzene rings is 1. The summed E-state index contributed by atoms with van der Waals surface area (Å²) in [4.78, 5) is 11.8. The second-order valence-electron chi connectivity index (χ2n) is 6.28. The third-order valence-corrected chi connectivity index (χ3v) is 6.17. The van der Waals surface area contributed by atoms with E-state index < -0.39 is 50.7 Å². The van der Waals surface area contributed by atoms with Gasteiger partial charge in [-0.1, -0.05) is 6.07 Å². The van der Waals surface area contributed by atoms with Crippen LogP contribution >= 0.6 is 0 Å². The second-order valence-corrected chi connectivity index (χ2v) is 8.16. The minimum Gasteiger partial charge on any atom is -0.380 e. The van der Waals surface area contributed by atoms with Crippen molar-refractivity contribution in [3.05, 3.63) is 29.8 Å². The van der Waals surface area contributed by atoms with E-state index in [2.05, 4.69) is 0 Å². The number of carbonyl (C=O) groups is 1. The lowest BCUT2D eigenvalue weighted by Crippen LogP contribution is -2.53. The van der Waals surface area contributed by atoms with Gasteiger partial charge in [-0.15, -0.1) is 0 Å². The molecule has 0 radical (unpaired) electrons. The fourth-order valence-electron chi connectivity index (χ4n) is 2.54. The van der Waals surface area contributed by atoms with Gasteiger partial charge in [0.1, 0.15) is 11.6 Å². The van der Waals surface area contributed by atoms with Gasteiger partial charge >= 0.3 is 6.18 Å². The Hall–Kier alpha value is -1.79. The van der Waals surface area contributed by atoms with E-state index in [4.69, 9.17) is 0 Å². The fourth-order valence-corrected chi connectivity index (χ4v) is 4.07. The van der Waals surface area contributed by atoms with Gasteiger partial charge in [0.05, 0.1) is 6.42 Å². The summed E-state index contributed by atoms with van der Waals surface area (Å²) in [6.45, 7) is -0.789. The molecule has 1 atom stereocenters. The van der Waals surface area contributed by atoms with Gasteiger partial charge in [-0.25, -0.2) is 17.2 Å². The maximum Gasteiger partial charge on any atom is 0.417 e. The monoisotopic (exact) mass is 416 g/mol. The molecule has 1 aromatic carbocycles. The number of carbonyl (C=O) groups excluding carboxylic acids is 1. The highest BCUT2D eigenvalue weighted by molar-refractivity contribution is 7.89. The molecule has 0 spiro atoms. The van der Waals surface area contributed by atoms with E-state index >= 15 is 0 Å². The minimum atomic E-state index is -5.00. The van der Waals surface area contributed by atoms with Crippen LogP contribution in [0.1, 0.15) is 13.3 Å². The summed E-state index contributed by atoms with van der Waals surface area (Å²) in [7, 11) is -4.51. The molecule has 1 fully saturated rings. The molecule has 0 aromatic heterocycles. The number of hydrogen-bond donors (Lipinski definition) is 1. The molecule has 1 aromatic rings. The Kier molecular flexibility index (Phi) is 5.83. The molecule has 6 nitrogen and oxygen atoms in total. The number of nitrogens with zero attached hydrogens (tertiary/aromatic N) is 2. The van der Waals surface area contributed by atoms with E-state index in [-0.39, 0.29) is 26.2 Å². The largest absolute Gasteiger partial charge is 0.417 e. The van der Waals surface area contributed by atoms with Crippen LogP contribution in [-0.2, 0) is 14.8 Å². The molecular formula is C15H17F5N2O4S. The topological polar surface area (TPSA) is 77.9 Å². The predicted octanol–water partition coefficient (Wildman–Crippen LogP) is 1.50. The van der Waals surface area contributed by atoms with Crippen molar-refractivity contribution in [1.82, 2.24) is 9.21 Å². The zero-order valence-corrected chi connectivity index (χ0v) is 14.9. The number of amides is 1. The van der Waals surface area contributed by atoms with E-state index in [9.17, 15) is 40.3 Å². The van der Waals surface area contributed by atoms with E-state index in [1.165, 1.54) is 0 Å². The van der Waals surface area contributed by atoms with E-state index in [1.54, 1.807) is 0 Å². The van der Waals surface area contributed by atoms with Crippen molar-refractivity contribution in [3.8, 4) is 0 Å². The molecule has 12 heteroatoms. The van der Waals surface area contributed by atoms with Crippen LogP contribution in [-0.4, -0.2) is 66.6 Å². The molecule has 1 N–H and O–H groups in total. The van der Waals surface area contributed by atoms with Gasteiger partial charge in [0.25, 0.3) is 0 Å². The molecule has 1 amide bonds. The number of halogens is 5. The summed E-state index contributed by atoms with van der Waals surface area (Å²) < 4.78 is 91.1. The van der Waals surface area contributed by atoms with Crippen LogP contribution < -0.4 is 0 Å². The second kappa shape index (κ2) is 7.32. The van der Waals surface area contributed by atoms with Gasteiger partial charge in [-0.05, 0) is 19.1 Å². The molecule has 152 valence electrons. The van der Waals surface area contributed by atoms with Crippen LogP contribution in [0.25, 0.3) is 0 Å². The summed E-state index contributed by atoms with van der Waals surface area (Å²) in [6.07, 6.45) is -6.22. The van der Waals surface area contributed by atoms with E-state index in [0.717, 1.165) is 27.4 Å². The molecule has 1 heterocycles. The van der Waals surface area contributed by atoms with Crippen LogP contribution in [0.15, 0.2) is 23.1 Å². The van der Waals surface area contributed by atoms with Crippen LogP contribution in [0.5, 0.6) is 0 Å². The lowest BCUT2D eigenvalue weighted by atomic mass is 10.0. The third-order valence-electron chi connectivity index (χ3n) is 4.21. The third kappa shape index (κ3) is 4.38. The molecule has 0 saturated carbocycles. The Morgan fingerprint density at radius 1 is 1.11 bits per heavy atom. The average molecular weight is 416 g/mol. The molecular weight excluding hydrogens is 399 g/mol. The van der Waals surface area contributed by atoms with Crippen molar-refractivity contribution >= 4 is 15.9 Å². The molecule has 0 aliphatic carbocycles. The average Bonchev–Trinajstić information content (AvgIpc) is 2.53. The number of hydrogen-bond acceptors (Lipinski definition) is 4. The predicted molar refractivity (Wildman–Crippen MR) is 83.0 cm³/mol. The SMILES string of the molecule is C[C@](O)(CC(=O)N1CCN(S(=O)(=O)c2c(F)cccc2F)CC1)C(F)(F)F. The smallest absolute Gasteiger partial charge is 0.380 e. The first-order valence-corrected chi connectivity index (χ1v) is 9.22. The van der Waals surface area contributed by atoms with Crippen molar-refractivity contribution < 1.29 is 40.3 Å². The quantitative estimate of drug-likeness (QED) is 0.755. The normalized spacial score (nSPS) is 19.0. The molecule has 1 saturated heterocycles. The highest BCUT2D eigenvalue weighted by Crippen LogP contribution is 2.33. The highest BCUT2D eigenvalue weighted by atomic mass is 32.2. The Balaban J connectivity index is 2.08. The Bertz CT molecular complexity index is 798. The van der Waals surface area contributed by atoms with Crippen molar-refractivity contribution in [2.45, 2.75) is 30.0 Å². The lowest BCUT2D eigenvalue weighted by molar-refractivity contribution is -0.254. The Labute approximate surface area is 152 Å². The Morgan fingerprint density at radius 3 is 2.04 bits per heavy atom. The van der Waals surface area contributed by atoms with Crippen LogP contribution in [0.2, 0.25) is 0 Å². The zero-order chi connectivity index (χ0) is 20.6. The van der Waals surface area contributed by atoms with Crippen LogP contribution in [0, 0.1) is 11.6 Å². The van der Waals surface area contributed by atoms with Crippen LogP contribution in [0.3, 0.4) is 0 Å². The van der Waals surface area contributed by atoms with Crippen LogP contribution in [0.4, 0.5) is 22.0 Å². The first-order valence-electron chi connectivity index (χ1n) is 7.78. The molecule has 2 rings (SSSR count). The number of rotatable bonds is 4.